The maximum Gasteiger partial charge on any atom is 0.338 e. The Bertz CT molecular complexity index is 417. The maximum atomic E-state index is 11.2. The fourth-order valence-electron chi connectivity index (χ4n) is 1.05. The van der Waals surface area contributed by atoms with Gasteiger partial charge >= 0.3 is 11.9 Å². The van der Waals surface area contributed by atoms with E-state index in [1.807, 2.05) is 0 Å². The van der Waals surface area contributed by atoms with Crippen molar-refractivity contribution in [2.24, 2.45) is 0 Å². The third-order valence-corrected chi connectivity index (χ3v) is 2.75. The van der Waals surface area contributed by atoms with Gasteiger partial charge in [0.1, 0.15) is 0 Å². The number of carboxylic acids is 1. The molecule has 0 amide bonds. The molecule has 1 aromatic rings. The lowest BCUT2D eigenvalue weighted by molar-refractivity contribution is -0.131. The van der Waals surface area contributed by atoms with E-state index in [9.17, 15) is 9.59 Å². The molecule has 0 aliphatic rings. The molecule has 0 bridgehead atoms. The molecule has 0 radical (unpaired) electrons. The van der Waals surface area contributed by atoms with Crippen molar-refractivity contribution >= 4 is 29.4 Å². The highest BCUT2D eigenvalue weighted by molar-refractivity contribution is 7.13. The molecular weight excluding hydrogens is 216 g/mol. The first-order valence-corrected chi connectivity index (χ1v) is 4.96. The van der Waals surface area contributed by atoms with Crippen LogP contribution >= 0.6 is 11.3 Å². The van der Waals surface area contributed by atoms with Crippen LogP contribution < -0.4 is 0 Å². The highest BCUT2D eigenvalue weighted by Gasteiger charge is 2.12. The number of aliphatic carboxylic acids is 1. The number of hydrogen-bond donors (Lipinski definition) is 1. The van der Waals surface area contributed by atoms with Crippen molar-refractivity contribution in [1.29, 1.82) is 0 Å². The van der Waals surface area contributed by atoms with Gasteiger partial charge in [0, 0.05) is 15.8 Å². The number of carboxylic acid groups (broad SMARTS) is 1. The molecule has 0 aromatic carbocycles. The zero-order valence-electron chi connectivity index (χ0n) is 8.31. The molecule has 0 fully saturated rings. The Kier molecular flexibility index (Phi) is 3.62. The summed E-state index contributed by atoms with van der Waals surface area (Å²) in [5.41, 5.74) is 0.479. The topological polar surface area (TPSA) is 63.6 Å². The number of rotatable bonds is 3. The van der Waals surface area contributed by atoms with Crippen molar-refractivity contribution in [2.45, 2.75) is 6.92 Å². The zero-order chi connectivity index (χ0) is 11.4. The van der Waals surface area contributed by atoms with Crippen LogP contribution in [-0.4, -0.2) is 24.2 Å². The van der Waals surface area contributed by atoms with Crippen LogP contribution in [0.1, 0.15) is 20.1 Å². The van der Waals surface area contributed by atoms with E-state index >= 15 is 0 Å². The van der Waals surface area contributed by atoms with Gasteiger partial charge in [-0.15, -0.1) is 11.3 Å². The van der Waals surface area contributed by atoms with E-state index in [-0.39, 0.29) is 0 Å². The fraction of sp³-hybridized carbons (Fsp3) is 0.200. The van der Waals surface area contributed by atoms with Crippen molar-refractivity contribution < 1.29 is 19.4 Å². The standard InChI is InChI=1S/C10H10O4S/c1-6-8(10(13)14-2)5-7(15-6)3-4-9(11)12/h3-5H,1-2H3,(H,11,12)/b4-3+. The number of hydrogen-bond acceptors (Lipinski definition) is 4. The average molecular weight is 226 g/mol. The quantitative estimate of drug-likeness (QED) is 0.632. The van der Waals surface area contributed by atoms with Gasteiger partial charge in [-0.25, -0.2) is 9.59 Å². The Balaban J connectivity index is 2.95. The summed E-state index contributed by atoms with van der Waals surface area (Å²) in [5, 5.41) is 8.43. The van der Waals surface area contributed by atoms with E-state index in [1.165, 1.54) is 24.5 Å². The molecule has 1 heterocycles. The average Bonchev–Trinajstić information content (AvgIpc) is 2.55. The number of carbonyl (C=O) groups excluding carboxylic acids is 1. The second kappa shape index (κ2) is 4.75. The van der Waals surface area contributed by atoms with Crippen molar-refractivity contribution in [3.8, 4) is 0 Å². The molecule has 0 aliphatic heterocycles. The Morgan fingerprint density at radius 1 is 1.53 bits per heavy atom. The highest BCUT2D eigenvalue weighted by atomic mass is 32.1. The van der Waals surface area contributed by atoms with Crippen LogP contribution in [0.3, 0.4) is 0 Å². The smallest absolute Gasteiger partial charge is 0.338 e. The summed E-state index contributed by atoms with van der Waals surface area (Å²) in [6, 6.07) is 1.62. The summed E-state index contributed by atoms with van der Waals surface area (Å²) in [5.74, 6) is -1.42. The molecule has 0 saturated heterocycles. The number of aryl methyl sites for hydroxylation is 1. The van der Waals surface area contributed by atoms with Gasteiger partial charge < -0.3 is 9.84 Å². The number of carbonyl (C=O) groups is 2. The normalized spacial score (nSPS) is 10.5. The van der Waals surface area contributed by atoms with Crippen LogP contribution in [0.2, 0.25) is 0 Å². The predicted molar refractivity (Wildman–Crippen MR) is 57.1 cm³/mol. The monoisotopic (exact) mass is 226 g/mol. The third-order valence-electron chi connectivity index (χ3n) is 1.73. The van der Waals surface area contributed by atoms with Gasteiger partial charge in [-0.1, -0.05) is 0 Å². The minimum atomic E-state index is -1.01. The minimum absolute atomic E-state index is 0.404. The first-order valence-electron chi connectivity index (χ1n) is 4.14. The first-order chi connectivity index (χ1) is 7.04. The molecule has 4 nitrogen and oxygen atoms in total. The van der Waals surface area contributed by atoms with Crippen LogP contribution in [0.15, 0.2) is 12.1 Å². The summed E-state index contributed by atoms with van der Waals surface area (Å²) >= 11 is 1.35. The van der Waals surface area contributed by atoms with E-state index < -0.39 is 11.9 Å². The molecule has 0 aliphatic carbocycles. The molecule has 0 atom stereocenters. The lowest BCUT2D eigenvalue weighted by Gasteiger charge is -1.94. The van der Waals surface area contributed by atoms with Gasteiger partial charge in [-0.3, -0.25) is 0 Å². The van der Waals surface area contributed by atoms with E-state index in [0.717, 1.165) is 15.8 Å². The van der Waals surface area contributed by atoms with Gasteiger partial charge in [0.05, 0.1) is 12.7 Å². The van der Waals surface area contributed by atoms with Crippen LogP contribution in [0.4, 0.5) is 0 Å². The Labute approximate surface area is 90.8 Å². The second-order valence-corrected chi connectivity index (χ2v) is 4.07. The Morgan fingerprint density at radius 2 is 2.20 bits per heavy atom. The largest absolute Gasteiger partial charge is 0.478 e. The molecule has 1 aromatic heterocycles. The number of ether oxygens (including phenoxy) is 1. The van der Waals surface area contributed by atoms with E-state index in [4.69, 9.17) is 5.11 Å². The molecule has 80 valence electrons. The molecule has 15 heavy (non-hydrogen) atoms. The predicted octanol–water partition coefficient (Wildman–Crippen LogP) is 1.94. The van der Waals surface area contributed by atoms with Crippen molar-refractivity contribution in [1.82, 2.24) is 0 Å². The van der Waals surface area contributed by atoms with E-state index in [0.29, 0.717) is 5.56 Å². The van der Waals surface area contributed by atoms with Crippen LogP contribution in [-0.2, 0) is 9.53 Å². The van der Waals surface area contributed by atoms with Crippen molar-refractivity contribution in [2.75, 3.05) is 7.11 Å². The lowest BCUT2D eigenvalue weighted by Crippen LogP contribution is -2.00. The third kappa shape index (κ3) is 2.92. The SMILES string of the molecule is COC(=O)c1cc(/C=C/C(=O)O)sc1C. The lowest BCUT2D eigenvalue weighted by atomic mass is 10.2. The Morgan fingerprint density at radius 3 is 2.73 bits per heavy atom. The summed E-state index contributed by atoms with van der Waals surface area (Å²) in [4.78, 5) is 23.0. The molecular formula is C10H10O4S. The Hall–Kier alpha value is -1.62. The highest BCUT2D eigenvalue weighted by Crippen LogP contribution is 2.23. The molecule has 1 N–H and O–H groups in total. The molecule has 0 saturated carbocycles. The number of thiophene rings is 1. The van der Waals surface area contributed by atoms with Gasteiger partial charge in [0.2, 0.25) is 0 Å². The summed E-state index contributed by atoms with van der Waals surface area (Å²) < 4.78 is 4.58. The van der Waals surface area contributed by atoms with Gasteiger partial charge in [0.15, 0.2) is 0 Å². The minimum Gasteiger partial charge on any atom is -0.478 e. The zero-order valence-corrected chi connectivity index (χ0v) is 9.13. The van der Waals surface area contributed by atoms with Crippen molar-refractivity contribution in [3.05, 3.63) is 27.5 Å². The molecule has 0 spiro atoms. The number of esters is 1. The summed E-state index contributed by atoms with van der Waals surface area (Å²) in [6.45, 7) is 1.79. The molecule has 0 unspecified atom stereocenters. The maximum absolute atomic E-state index is 11.2. The van der Waals surface area contributed by atoms with Gasteiger partial charge in [-0.05, 0) is 19.1 Å². The molecule has 1 rings (SSSR count). The van der Waals surface area contributed by atoms with Crippen LogP contribution in [0, 0.1) is 6.92 Å². The van der Waals surface area contributed by atoms with E-state index in [2.05, 4.69) is 4.74 Å². The summed E-state index contributed by atoms with van der Waals surface area (Å²) in [6.07, 6.45) is 2.48. The van der Waals surface area contributed by atoms with Gasteiger partial charge in [-0.2, -0.15) is 0 Å². The molecule has 5 heteroatoms. The second-order valence-electron chi connectivity index (χ2n) is 2.78. The summed E-state index contributed by atoms with van der Waals surface area (Å²) in [7, 11) is 1.31. The first kappa shape index (κ1) is 11.5. The van der Waals surface area contributed by atoms with E-state index in [1.54, 1.807) is 13.0 Å². The van der Waals surface area contributed by atoms with Crippen LogP contribution in [0.5, 0.6) is 0 Å². The van der Waals surface area contributed by atoms with Crippen LogP contribution in [0.25, 0.3) is 6.08 Å². The fourth-order valence-corrected chi connectivity index (χ4v) is 1.97. The van der Waals surface area contributed by atoms with Crippen molar-refractivity contribution in [3.63, 3.8) is 0 Å². The number of methoxy groups -OCH3 is 1. The van der Waals surface area contributed by atoms with Gasteiger partial charge in [0.25, 0.3) is 0 Å².